The third-order valence-electron chi connectivity index (χ3n) is 5.06. The first-order valence-electron chi connectivity index (χ1n) is 9.34. The van der Waals surface area contributed by atoms with Gasteiger partial charge >= 0.3 is 0 Å². The minimum Gasteiger partial charge on any atom is -0.338 e. The van der Waals surface area contributed by atoms with Crippen molar-refractivity contribution in [3.05, 3.63) is 76.6 Å². The van der Waals surface area contributed by atoms with Crippen molar-refractivity contribution in [3.8, 4) is 11.4 Å². The maximum absolute atomic E-state index is 13.2. The fraction of sp³-hybridized carbons (Fsp3) is 0.273. The van der Waals surface area contributed by atoms with Crippen LogP contribution in [0.5, 0.6) is 0 Å². The van der Waals surface area contributed by atoms with E-state index in [4.69, 9.17) is 4.98 Å². The molecule has 1 amide bonds. The van der Waals surface area contributed by atoms with Crippen molar-refractivity contribution in [2.75, 3.05) is 13.1 Å². The van der Waals surface area contributed by atoms with E-state index < -0.39 is 0 Å². The fourth-order valence-corrected chi connectivity index (χ4v) is 3.57. The lowest BCUT2D eigenvalue weighted by Crippen LogP contribution is -2.33. The first-order valence-corrected chi connectivity index (χ1v) is 9.34. The van der Waals surface area contributed by atoms with Gasteiger partial charge in [0.1, 0.15) is 5.82 Å². The molecule has 142 valence electrons. The van der Waals surface area contributed by atoms with Gasteiger partial charge in [-0.3, -0.25) is 9.78 Å². The molecule has 0 aliphatic carbocycles. The number of aryl methyl sites for hydroxylation is 2. The average molecular weight is 376 g/mol. The molecule has 0 radical (unpaired) electrons. The molecule has 6 heteroatoms. The molecule has 1 aliphatic heterocycles. The van der Waals surface area contributed by atoms with Crippen molar-refractivity contribution in [1.82, 2.24) is 19.9 Å². The molecule has 4 rings (SSSR count). The summed E-state index contributed by atoms with van der Waals surface area (Å²) in [5.41, 5.74) is 5.34. The van der Waals surface area contributed by atoms with E-state index in [1.165, 1.54) is 12.1 Å². The Hall–Kier alpha value is -3.15. The van der Waals surface area contributed by atoms with Gasteiger partial charge in [0, 0.05) is 48.9 Å². The number of carbonyl (C=O) groups excluding carboxylic acids is 1. The van der Waals surface area contributed by atoms with E-state index in [1.54, 1.807) is 24.5 Å². The molecule has 0 bridgehead atoms. The zero-order chi connectivity index (χ0) is 19.7. The second-order valence-electron chi connectivity index (χ2n) is 7.11. The number of benzene rings is 1. The molecule has 3 heterocycles. The van der Waals surface area contributed by atoms with Crippen molar-refractivity contribution >= 4 is 5.91 Å². The normalized spacial score (nSPS) is 13.8. The van der Waals surface area contributed by atoms with Crippen molar-refractivity contribution in [2.24, 2.45) is 0 Å². The number of pyridine rings is 1. The van der Waals surface area contributed by atoms with Gasteiger partial charge in [-0.15, -0.1) is 0 Å². The highest BCUT2D eigenvalue weighted by molar-refractivity contribution is 5.94. The summed E-state index contributed by atoms with van der Waals surface area (Å²) in [6, 6.07) is 8.07. The topological polar surface area (TPSA) is 59.0 Å². The Morgan fingerprint density at radius 3 is 2.54 bits per heavy atom. The molecule has 1 aliphatic rings. The average Bonchev–Trinajstić information content (AvgIpc) is 2.91. The maximum Gasteiger partial charge on any atom is 0.255 e. The van der Waals surface area contributed by atoms with Crippen LogP contribution in [0.1, 0.15) is 32.9 Å². The summed E-state index contributed by atoms with van der Waals surface area (Å²) in [4.78, 5) is 28.2. The lowest BCUT2D eigenvalue weighted by Gasteiger charge is -2.20. The van der Waals surface area contributed by atoms with Crippen LogP contribution in [0, 0.1) is 19.7 Å². The van der Waals surface area contributed by atoms with Gasteiger partial charge in [0.15, 0.2) is 5.82 Å². The number of hydrogen-bond acceptors (Lipinski definition) is 4. The molecule has 28 heavy (non-hydrogen) atoms. The second kappa shape index (κ2) is 7.46. The standard InChI is InChI=1S/C22H21FN4O/c1-14-11-17(13-24-12-14)22(28)27-9-7-19-15(2)25-21(26-20(19)8-10-27)16-3-5-18(23)6-4-16/h3-6,11-13H,7-10H2,1-2H3. The van der Waals surface area contributed by atoms with Gasteiger partial charge in [-0.2, -0.15) is 0 Å². The zero-order valence-corrected chi connectivity index (χ0v) is 15.9. The molecule has 0 atom stereocenters. The highest BCUT2D eigenvalue weighted by Gasteiger charge is 2.23. The largest absolute Gasteiger partial charge is 0.338 e. The lowest BCUT2D eigenvalue weighted by atomic mass is 10.1. The van der Waals surface area contributed by atoms with E-state index in [0.29, 0.717) is 30.9 Å². The van der Waals surface area contributed by atoms with Gasteiger partial charge in [-0.1, -0.05) is 0 Å². The maximum atomic E-state index is 13.2. The van der Waals surface area contributed by atoms with Gasteiger partial charge in [-0.25, -0.2) is 14.4 Å². The number of carbonyl (C=O) groups is 1. The molecule has 1 aromatic carbocycles. The first kappa shape index (κ1) is 18.2. The summed E-state index contributed by atoms with van der Waals surface area (Å²) in [5.74, 6) is 0.308. The van der Waals surface area contributed by atoms with Gasteiger partial charge in [0.25, 0.3) is 5.91 Å². The van der Waals surface area contributed by atoms with Crippen molar-refractivity contribution in [1.29, 1.82) is 0 Å². The van der Waals surface area contributed by atoms with E-state index in [-0.39, 0.29) is 11.7 Å². The summed E-state index contributed by atoms with van der Waals surface area (Å²) in [7, 11) is 0. The molecule has 0 fully saturated rings. The van der Waals surface area contributed by atoms with Crippen LogP contribution in [-0.4, -0.2) is 38.8 Å². The van der Waals surface area contributed by atoms with Crippen LogP contribution in [0.4, 0.5) is 4.39 Å². The number of amides is 1. The molecule has 0 saturated heterocycles. The number of rotatable bonds is 2. The minimum atomic E-state index is -0.282. The SMILES string of the molecule is Cc1cncc(C(=O)N2CCc3nc(-c4ccc(F)cc4)nc(C)c3CC2)c1. The quantitative estimate of drug-likeness (QED) is 0.686. The highest BCUT2D eigenvalue weighted by Crippen LogP contribution is 2.23. The van der Waals surface area contributed by atoms with Crippen LogP contribution >= 0.6 is 0 Å². The summed E-state index contributed by atoms with van der Waals surface area (Å²) < 4.78 is 13.2. The zero-order valence-electron chi connectivity index (χ0n) is 15.9. The molecule has 0 unspecified atom stereocenters. The highest BCUT2D eigenvalue weighted by atomic mass is 19.1. The second-order valence-corrected chi connectivity index (χ2v) is 7.11. The molecule has 5 nitrogen and oxygen atoms in total. The van der Waals surface area contributed by atoms with E-state index >= 15 is 0 Å². The Bertz CT molecular complexity index is 1030. The fourth-order valence-electron chi connectivity index (χ4n) is 3.57. The van der Waals surface area contributed by atoms with E-state index in [2.05, 4.69) is 9.97 Å². The predicted molar refractivity (Wildman–Crippen MR) is 104 cm³/mol. The monoisotopic (exact) mass is 376 g/mol. The number of aromatic nitrogens is 3. The van der Waals surface area contributed by atoms with E-state index in [9.17, 15) is 9.18 Å². The Morgan fingerprint density at radius 2 is 1.79 bits per heavy atom. The van der Waals surface area contributed by atoms with E-state index in [0.717, 1.165) is 34.5 Å². The molecule has 0 spiro atoms. The Balaban J connectivity index is 1.59. The molecule has 3 aromatic rings. The smallest absolute Gasteiger partial charge is 0.255 e. The number of halogens is 1. The summed E-state index contributed by atoms with van der Waals surface area (Å²) >= 11 is 0. The lowest BCUT2D eigenvalue weighted by molar-refractivity contribution is 0.0762. The Kier molecular flexibility index (Phi) is 4.86. The first-order chi connectivity index (χ1) is 13.5. The van der Waals surface area contributed by atoms with Crippen molar-refractivity contribution in [3.63, 3.8) is 0 Å². The molecule has 0 N–H and O–H groups in total. The number of hydrogen-bond donors (Lipinski definition) is 0. The Morgan fingerprint density at radius 1 is 1.04 bits per heavy atom. The van der Waals surface area contributed by atoms with Gasteiger partial charge < -0.3 is 4.90 Å². The summed E-state index contributed by atoms with van der Waals surface area (Å²) in [6.45, 7) is 5.12. The third-order valence-corrected chi connectivity index (χ3v) is 5.06. The van der Waals surface area contributed by atoms with Crippen molar-refractivity contribution < 1.29 is 9.18 Å². The van der Waals surface area contributed by atoms with Crippen LogP contribution in [0.3, 0.4) is 0 Å². The van der Waals surface area contributed by atoms with Gasteiger partial charge in [0.2, 0.25) is 0 Å². The van der Waals surface area contributed by atoms with Gasteiger partial charge in [-0.05, 0) is 61.7 Å². The summed E-state index contributed by atoms with van der Waals surface area (Å²) in [6.07, 6.45) is 4.74. The Labute approximate surface area is 163 Å². The van der Waals surface area contributed by atoms with Crippen LogP contribution in [0.2, 0.25) is 0 Å². The number of fused-ring (bicyclic) bond motifs is 1. The van der Waals surface area contributed by atoms with Crippen LogP contribution in [0.25, 0.3) is 11.4 Å². The van der Waals surface area contributed by atoms with Crippen LogP contribution in [0.15, 0.2) is 42.7 Å². The molecular weight excluding hydrogens is 355 g/mol. The van der Waals surface area contributed by atoms with E-state index in [1.807, 2.05) is 24.8 Å². The van der Waals surface area contributed by atoms with Crippen LogP contribution in [-0.2, 0) is 12.8 Å². The molecule has 2 aromatic heterocycles. The van der Waals surface area contributed by atoms with Crippen molar-refractivity contribution in [2.45, 2.75) is 26.7 Å². The molecule has 0 saturated carbocycles. The third kappa shape index (κ3) is 3.63. The van der Waals surface area contributed by atoms with Gasteiger partial charge in [0.05, 0.1) is 5.56 Å². The minimum absolute atomic E-state index is 0.00613. The van der Waals surface area contributed by atoms with Crippen LogP contribution < -0.4 is 0 Å². The predicted octanol–water partition coefficient (Wildman–Crippen LogP) is 3.54. The molecular formula is C22H21FN4O. The number of nitrogens with zero attached hydrogens (tertiary/aromatic N) is 4. The summed E-state index contributed by atoms with van der Waals surface area (Å²) in [5, 5.41) is 0.